The molecule has 0 radical (unpaired) electrons. The summed E-state index contributed by atoms with van der Waals surface area (Å²) in [5.74, 6) is 0. The topological polar surface area (TPSA) is 51.6 Å². The molecule has 1 rings (SSSR count). The first-order chi connectivity index (χ1) is 6.77. The van der Waals surface area contributed by atoms with E-state index in [4.69, 9.17) is 0 Å². The second-order valence-corrected chi connectivity index (χ2v) is 3.09. The summed E-state index contributed by atoms with van der Waals surface area (Å²) in [6, 6.07) is 7.61. The van der Waals surface area contributed by atoms with Crippen LogP contribution in [-0.2, 0) is 6.54 Å². The summed E-state index contributed by atoms with van der Waals surface area (Å²) in [6.45, 7) is 3.40. The van der Waals surface area contributed by atoms with Crippen LogP contribution in [-0.4, -0.2) is 13.6 Å². The Morgan fingerprint density at radius 3 is 2.43 bits per heavy atom. The van der Waals surface area contributed by atoms with Gasteiger partial charge in [0.1, 0.15) is 0 Å². The minimum absolute atomic E-state index is 0.0106. The van der Waals surface area contributed by atoms with E-state index < -0.39 is 0 Å². The van der Waals surface area contributed by atoms with Gasteiger partial charge in [0.15, 0.2) is 5.69 Å². The molecule has 0 aliphatic heterocycles. The second-order valence-electron chi connectivity index (χ2n) is 3.09. The molecule has 0 saturated carbocycles. The predicted octanol–water partition coefficient (Wildman–Crippen LogP) is -0.0553. The Labute approximate surface area is 84.5 Å². The minimum Gasteiger partial charge on any atom is -0.608 e. The van der Waals surface area contributed by atoms with E-state index in [1.807, 2.05) is 38.2 Å². The van der Waals surface area contributed by atoms with Crippen LogP contribution in [0.2, 0.25) is 0 Å². The normalized spacial score (nSPS) is 12.8. The summed E-state index contributed by atoms with van der Waals surface area (Å²) in [5.41, 5.74) is 4.65. The zero-order valence-corrected chi connectivity index (χ0v) is 8.63. The standard InChI is InChI=1S/C10H17N3O/c1-3-12-13(14)10-6-4-9(5-7-10)8-11-2/h4-7,11-13H,3,8H2,1-2H3. The molecule has 0 fully saturated rings. The molecule has 0 saturated heterocycles. The molecule has 0 bridgehead atoms. The molecule has 1 aromatic carbocycles. The number of nitrogens with one attached hydrogen (secondary N) is 3. The first kappa shape index (κ1) is 11.1. The fraction of sp³-hybridized carbons (Fsp3) is 0.400. The number of benzene rings is 1. The SMILES string of the molecule is CCN[NH+]([O-])c1ccc(CNC)cc1. The molecule has 3 N–H and O–H groups in total. The molecular formula is C10H17N3O. The monoisotopic (exact) mass is 195 g/mol. The fourth-order valence-corrected chi connectivity index (χ4v) is 1.24. The van der Waals surface area contributed by atoms with E-state index in [1.54, 1.807) is 0 Å². The zero-order valence-electron chi connectivity index (χ0n) is 8.63. The van der Waals surface area contributed by atoms with Gasteiger partial charge in [-0.1, -0.05) is 12.1 Å². The minimum atomic E-state index is -0.0106. The molecule has 4 heteroatoms. The molecule has 0 aromatic heterocycles. The van der Waals surface area contributed by atoms with Crippen LogP contribution < -0.4 is 15.9 Å². The van der Waals surface area contributed by atoms with Crippen molar-refractivity contribution in [3.63, 3.8) is 0 Å². The Bertz CT molecular complexity index is 261. The van der Waals surface area contributed by atoms with Gasteiger partial charge in [-0.3, -0.25) is 5.17 Å². The van der Waals surface area contributed by atoms with Gasteiger partial charge in [-0.05, 0) is 19.5 Å². The molecule has 0 spiro atoms. The van der Waals surface area contributed by atoms with Gasteiger partial charge in [0.2, 0.25) is 0 Å². The van der Waals surface area contributed by atoms with Crippen molar-refractivity contribution in [1.29, 1.82) is 0 Å². The lowest BCUT2D eigenvalue weighted by molar-refractivity contribution is -0.828. The predicted molar refractivity (Wildman–Crippen MR) is 56.9 cm³/mol. The van der Waals surface area contributed by atoms with E-state index in [9.17, 15) is 5.21 Å². The molecule has 4 nitrogen and oxygen atoms in total. The third-order valence-corrected chi connectivity index (χ3v) is 1.93. The molecular weight excluding hydrogens is 178 g/mol. The van der Waals surface area contributed by atoms with Crippen LogP contribution in [0.15, 0.2) is 24.3 Å². The van der Waals surface area contributed by atoms with Crippen molar-refractivity contribution in [2.45, 2.75) is 13.5 Å². The van der Waals surface area contributed by atoms with Gasteiger partial charge in [0.05, 0.1) is 0 Å². The van der Waals surface area contributed by atoms with Gasteiger partial charge in [-0.2, -0.15) is 5.43 Å². The highest BCUT2D eigenvalue weighted by molar-refractivity contribution is 5.32. The van der Waals surface area contributed by atoms with E-state index in [1.165, 1.54) is 5.56 Å². The zero-order chi connectivity index (χ0) is 10.4. The molecule has 0 amide bonds. The van der Waals surface area contributed by atoms with Crippen molar-refractivity contribution in [2.24, 2.45) is 0 Å². The van der Waals surface area contributed by atoms with E-state index in [0.29, 0.717) is 12.2 Å². The number of hydrogen-bond donors (Lipinski definition) is 3. The Balaban J connectivity index is 2.62. The second kappa shape index (κ2) is 5.72. The Morgan fingerprint density at radius 2 is 1.93 bits per heavy atom. The van der Waals surface area contributed by atoms with Gasteiger partial charge in [0, 0.05) is 25.2 Å². The van der Waals surface area contributed by atoms with Crippen molar-refractivity contribution >= 4 is 5.69 Å². The number of rotatable bonds is 5. The van der Waals surface area contributed by atoms with Crippen molar-refractivity contribution in [1.82, 2.24) is 10.7 Å². The lowest BCUT2D eigenvalue weighted by Crippen LogP contribution is -3.09. The Morgan fingerprint density at radius 1 is 1.29 bits per heavy atom. The van der Waals surface area contributed by atoms with E-state index >= 15 is 0 Å². The summed E-state index contributed by atoms with van der Waals surface area (Å²) in [5, 5.41) is 14.4. The van der Waals surface area contributed by atoms with E-state index in [-0.39, 0.29) is 5.17 Å². The Kier molecular flexibility index (Phi) is 4.55. The molecule has 1 aromatic rings. The smallest absolute Gasteiger partial charge is 0.150 e. The summed E-state index contributed by atoms with van der Waals surface area (Å²) >= 11 is 0. The molecule has 1 unspecified atom stereocenters. The maximum atomic E-state index is 11.4. The summed E-state index contributed by atoms with van der Waals surface area (Å²) in [7, 11) is 1.90. The quantitative estimate of drug-likeness (QED) is 0.577. The van der Waals surface area contributed by atoms with Gasteiger partial charge in [-0.15, -0.1) is 0 Å². The Hall–Kier alpha value is -0.940. The fourth-order valence-electron chi connectivity index (χ4n) is 1.24. The highest BCUT2D eigenvalue weighted by Gasteiger charge is 2.00. The van der Waals surface area contributed by atoms with Gasteiger partial charge >= 0.3 is 0 Å². The van der Waals surface area contributed by atoms with E-state index in [2.05, 4.69) is 10.7 Å². The molecule has 0 heterocycles. The maximum absolute atomic E-state index is 11.4. The summed E-state index contributed by atoms with van der Waals surface area (Å²) in [4.78, 5) is 0. The van der Waals surface area contributed by atoms with Crippen LogP contribution in [0, 0.1) is 5.21 Å². The van der Waals surface area contributed by atoms with Crippen molar-refractivity contribution in [3.05, 3.63) is 35.0 Å². The van der Waals surface area contributed by atoms with Crippen LogP contribution in [0.5, 0.6) is 0 Å². The third-order valence-electron chi connectivity index (χ3n) is 1.93. The molecule has 0 aliphatic carbocycles. The summed E-state index contributed by atoms with van der Waals surface area (Å²) < 4.78 is 0. The first-order valence-electron chi connectivity index (χ1n) is 4.79. The van der Waals surface area contributed by atoms with Crippen molar-refractivity contribution in [2.75, 3.05) is 13.6 Å². The van der Waals surface area contributed by atoms with E-state index in [0.717, 1.165) is 6.54 Å². The van der Waals surface area contributed by atoms with Crippen LogP contribution in [0.1, 0.15) is 12.5 Å². The lowest BCUT2D eigenvalue weighted by atomic mass is 10.2. The van der Waals surface area contributed by atoms with Crippen LogP contribution >= 0.6 is 0 Å². The van der Waals surface area contributed by atoms with Gasteiger partial charge in [0.25, 0.3) is 0 Å². The van der Waals surface area contributed by atoms with Crippen LogP contribution in [0.4, 0.5) is 5.69 Å². The van der Waals surface area contributed by atoms with Crippen molar-refractivity contribution in [3.8, 4) is 0 Å². The highest BCUT2D eigenvalue weighted by atomic mass is 16.5. The average Bonchev–Trinajstić information content (AvgIpc) is 2.20. The lowest BCUT2D eigenvalue weighted by Gasteiger charge is -2.20. The van der Waals surface area contributed by atoms with Gasteiger partial charge in [-0.25, -0.2) is 0 Å². The molecule has 78 valence electrons. The number of quaternary nitrogens is 1. The van der Waals surface area contributed by atoms with Crippen LogP contribution in [0.25, 0.3) is 0 Å². The molecule has 0 aliphatic rings. The first-order valence-corrected chi connectivity index (χ1v) is 4.79. The number of hydrogen-bond acceptors (Lipinski definition) is 3. The third kappa shape index (κ3) is 3.08. The molecule has 14 heavy (non-hydrogen) atoms. The maximum Gasteiger partial charge on any atom is 0.150 e. The molecule has 1 atom stereocenters. The van der Waals surface area contributed by atoms with Gasteiger partial charge < -0.3 is 10.5 Å². The van der Waals surface area contributed by atoms with Crippen LogP contribution in [0.3, 0.4) is 0 Å². The summed E-state index contributed by atoms with van der Waals surface area (Å²) in [6.07, 6.45) is 0. The largest absolute Gasteiger partial charge is 0.608 e. The highest BCUT2D eigenvalue weighted by Crippen LogP contribution is 2.04. The average molecular weight is 195 g/mol. The van der Waals surface area contributed by atoms with Crippen molar-refractivity contribution < 1.29 is 5.17 Å².